The molecular formula is C17H20N2O3. The number of ether oxygens (including phenoxy) is 1. The number of nitrogens with one attached hydrogen (secondary N) is 1. The Morgan fingerprint density at radius 2 is 2.18 bits per heavy atom. The van der Waals surface area contributed by atoms with Crippen LogP contribution in [-0.4, -0.2) is 23.6 Å². The summed E-state index contributed by atoms with van der Waals surface area (Å²) in [6.45, 7) is 3.02. The van der Waals surface area contributed by atoms with Crippen LogP contribution < -0.4 is 5.32 Å². The molecule has 5 heteroatoms. The van der Waals surface area contributed by atoms with Crippen LogP contribution in [0.1, 0.15) is 25.7 Å². The van der Waals surface area contributed by atoms with Crippen LogP contribution in [0.2, 0.25) is 0 Å². The number of rotatable bonds is 5. The lowest BCUT2D eigenvalue weighted by atomic mass is 9.98. The maximum Gasteiger partial charge on any atom is 0.249 e. The predicted octanol–water partition coefficient (Wildman–Crippen LogP) is 2.77. The minimum atomic E-state index is -0.339. The Balaban J connectivity index is 1.58. The summed E-state index contributed by atoms with van der Waals surface area (Å²) in [4.78, 5) is 16.4. The van der Waals surface area contributed by atoms with Crippen molar-refractivity contribution in [1.82, 2.24) is 10.3 Å². The molecule has 1 amide bonds. The molecule has 0 spiro atoms. The molecule has 1 aliphatic rings. The van der Waals surface area contributed by atoms with E-state index in [0.29, 0.717) is 24.2 Å². The monoisotopic (exact) mass is 300 g/mol. The van der Waals surface area contributed by atoms with Gasteiger partial charge in [0.05, 0.1) is 12.7 Å². The first-order valence-electron chi connectivity index (χ1n) is 7.67. The highest BCUT2D eigenvalue weighted by molar-refractivity contribution is 5.81. The summed E-state index contributed by atoms with van der Waals surface area (Å²) in [6, 6.07) is 9.76. The van der Waals surface area contributed by atoms with Crippen molar-refractivity contribution in [1.29, 1.82) is 0 Å². The number of hydrogen-bond acceptors (Lipinski definition) is 4. The maximum absolute atomic E-state index is 12.2. The number of aromatic nitrogens is 1. The number of benzene rings is 1. The molecule has 5 nitrogen and oxygen atoms in total. The van der Waals surface area contributed by atoms with Crippen LogP contribution in [0.5, 0.6) is 0 Å². The molecule has 3 rings (SSSR count). The van der Waals surface area contributed by atoms with Crippen LogP contribution in [0, 0.1) is 5.92 Å². The molecule has 2 aromatic rings. The largest absolute Gasteiger partial charge is 0.439 e. The second-order valence-corrected chi connectivity index (χ2v) is 5.45. The van der Waals surface area contributed by atoms with Crippen LogP contribution in [-0.2, 0) is 16.1 Å². The zero-order chi connectivity index (χ0) is 15.4. The topological polar surface area (TPSA) is 64.4 Å². The van der Waals surface area contributed by atoms with Crippen LogP contribution >= 0.6 is 0 Å². The lowest BCUT2D eigenvalue weighted by molar-refractivity contribution is -0.132. The van der Waals surface area contributed by atoms with E-state index < -0.39 is 0 Å². The molecule has 1 aliphatic heterocycles. The molecule has 1 fully saturated rings. The molecule has 0 bridgehead atoms. The molecule has 2 heterocycles. The van der Waals surface area contributed by atoms with Gasteiger partial charge in [0.2, 0.25) is 11.8 Å². The van der Waals surface area contributed by atoms with Crippen molar-refractivity contribution in [3.63, 3.8) is 0 Å². The maximum atomic E-state index is 12.2. The smallest absolute Gasteiger partial charge is 0.249 e. The van der Waals surface area contributed by atoms with Gasteiger partial charge in [0.25, 0.3) is 0 Å². The van der Waals surface area contributed by atoms with Gasteiger partial charge in [0.15, 0.2) is 5.76 Å². The molecule has 0 radical (unpaired) electrons. The zero-order valence-electron chi connectivity index (χ0n) is 12.6. The molecule has 2 atom stereocenters. The number of hydrogen-bond donors (Lipinski definition) is 1. The van der Waals surface area contributed by atoms with Crippen LogP contribution in [0.4, 0.5) is 0 Å². The fraction of sp³-hybridized carbons (Fsp3) is 0.412. The lowest BCUT2D eigenvalue weighted by Gasteiger charge is -2.15. The van der Waals surface area contributed by atoms with Gasteiger partial charge in [-0.25, -0.2) is 4.98 Å². The number of oxazole rings is 1. The summed E-state index contributed by atoms with van der Waals surface area (Å²) in [6.07, 6.45) is 3.24. The summed E-state index contributed by atoms with van der Waals surface area (Å²) >= 11 is 0. The van der Waals surface area contributed by atoms with Crippen LogP contribution in [0.25, 0.3) is 11.3 Å². The van der Waals surface area contributed by atoms with Gasteiger partial charge in [-0.3, -0.25) is 4.79 Å². The Labute approximate surface area is 129 Å². The average molecular weight is 300 g/mol. The molecule has 1 N–H and O–H groups in total. The number of amides is 1. The van der Waals surface area contributed by atoms with E-state index in [0.717, 1.165) is 18.4 Å². The summed E-state index contributed by atoms with van der Waals surface area (Å²) < 4.78 is 11.2. The molecular weight excluding hydrogens is 280 g/mol. The summed E-state index contributed by atoms with van der Waals surface area (Å²) in [5.74, 6) is 1.43. The van der Waals surface area contributed by atoms with E-state index in [1.165, 1.54) is 0 Å². The Hall–Kier alpha value is -2.14. The Morgan fingerprint density at radius 3 is 2.95 bits per heavy atom. The third kappa shape index (κ3) is 3.20. The molecule has 0 saturated carbocycles. The van der Waals surface area contributed by atoms with Gasteiger partial charge >= 0.3 is 0 Å². The van der Waals surface area contributed by atoms with Gasteiger partial charge in [-0.2, -0.15) is 0 Å². The first-order valence-corrected chi connectivity index (χ1v) is 7.67. The van der Waals surface area contributed by atoms with Gasteiger partial charge in [-0.05, 0) is 12.3 Å². The summed E-state index contributed by atoms with van der Waals surface area (Å²) in [5, 5.41) is 2.85. The normalized spacial score (nSPS) is 21.0. The van der Waals surface area contributed by atoms with E-state index in [1.54, 1.807) is 6.20 Å². The van der Waals surface area contributed by atoms with E-state index in [4.69, 9.17) is 9.15 Å². The van der Waals surface area contributed by atoms with E-state index in [2.05, 4.69) is 17.2 Å². The standard InChI is InChI=1S/C17H20N2O3/c1-2-12-8-9-21-16(12)17(20)19-11-15-18-10-14(22-15)13-6-4-3-5-7-13/h3-7,10,12,16H,2,8-9,11H2,1H3,(H,19,20)/t12-,16+/m1/s1. The number of carbonyl (C=O) groups excluding carboxylic acids is 1. The minimum Gasteiger partial charge on any atom is -0.439 e. The van der Waals surface area contributed by atoms with E-state index >= 15 is 0 Å². The van der Waals surface area contributed by atoms with Crippen molar-refractivity contribution in [3.8, 4) is 11.3 Å². The van der Waals surface area contributed by atoms with Crippen molar-refractivity contribution < 1.29 is 13.9 Å². The SMILES string of the molecule is CC[C@@H]1CCO[C@@H]1C(=O)NCc1ncc(-c2ccccc2)o1. The molecule has 1 saturated heterocycles. The van der Waals surface area contributed by atoms with Crippen molar-refractivity contribution in [2.45, 2.75) is 32.4 Å². The quantitative estimate of drug-likeness (QED) is 0.922. The molecule has 1 aromatic carbocycles. The first kappa shape index (κ1) is 14.8. The van der Waals surface area contributed by atoms with Crippen LogP contribution in [0.3, 0.4) is 0 Å². The third-order valence-electron chi connectivity index (χ3n) is 4.02. The summed E-state index contributed by atoms with van der Waals surface area (Å²) in [7, 11) is 0. The molecule has 22 heavy (non-hydrogen) atoms. The van der Waals surface area contributed by atoms with Gasteiger partial charge < -0.3 is 14.5 Å². The minimum absolute atomic E-state index is 0.0798. The van der Waals surface area contributed by atoms with Gasteiger partial charge in [-0.1, -0.05) is 43.7 Å². The van der Waals surface area contributed by atoms with Crippen molar-refractivity contribution >= 4 is 5.91 Å². The second-order valence-electron chi connectivity index (χ2n) is 5.45. The van der Waals surface area contributed by atoms with Gasteiger partial charge in [0.1, 0.15) is 6.10 Å². The highest BCUT2D eigenvalue weighted by Crippen LogP contribution is 2.24. The zero-order valence-corrected chi connectivity index (χ0v) is 12.6. The molecule has 0 aliphatic carbocycles. The van der Waals surface area contributed by atoms with Crippen molar-refractivity contribution in [2.75, 3.05) is 6.61 Å². The fourth-order valence-electron chi connectivity index (χ4n) is 2.73. The molecule has 1 aromatic heterocycles. The Kier molecular flexibility index (Phi) is 4.53. The van der Waals surface area contributed by atoms with E-state index in [9.17, 15) is 4.79 Å². The van der Waals surface area contributed by atoms with E-state index in [-0.39, 0.29) is 18.6 Å². The second kappa shape index (κ2) is 6.75. The fourth-order valence-corrected chi connectivity index (χ4v) is 2.73. The Bertz CT molecular complexity index is 624. The average Bonchev–Trinajstić information content (AvgIpc) is 3.22. The van der Waals surface area contributed by atoms with E-state index in [1.807, 2.05) is 30.3 Å². The molecule has 116 valence electrons. The molecule has 0 unspecified atom stereocenters. The van der Waals surface area contributed by atoms with Gasteiger partial charge in [0, 0.05) is 12.2 Å². The lowest BCUT2D eigenvalue weighted by Crippen LogP contribution is -2.37. The van der Waals surface area contributed by atoms with Crippen molar-refractivity contribution in [3.05, 3.63) is 42.4 Å². The predicted molar refractivity (Wildman–Crippen MR) is 81.9 cm³/mol. The number of carbonyl (C=O) groups is 1. The van der Waals surface area contributed by atoms with Crippen molar-refractivity contribution in [2.24, 2.45) is 5.92 Å². The highest BCUT2D eigenvalue weighted by Gasteiger charge is 2.32. The first-order chi connectivity index (χ1) is 10.8. The number of nitrogens with zero attached hydrogens (tertiary/aromatic N) is 1. The highest BCUT2D eigenvalue weighted by atomic mass is 16.5. The summed E-state index contributed by atoms with van der Waals surface area (Å²) in [5.41, 5.74) is 0.970. The van der Waals surface area contributed by atoms with Crippen LogP contribution in [0.15, 0.2) is 40.9 Å². The van der Waals surface area contributed by atoms with Gasteiger partial charge in [-0.15, -0.1) is 0 Å². The Morgan fingerprint density at radius 1 is 1.36 bits per heavy atom. The third-order valence-corrected chi connectivity index (χ3v) is 4.02.